The Balaban J connectivity index is 1.88. The van der Waals surface area contributed by atoms with Crippen molar-refractivity contribution in [1.29, 1.82) is 0 Å². The van der Waals surface area contributed by atoms with Crippen molar-refractivity contribution >= 4 is 16.3 Å². The number of aromatic nitrogens is 4. The molecule has 0 aliphatic carbocycles. The van der Waals surface area contributed by atoms with Crippen LogP contribution in [-0.2, 0) is 6.18 Å². The Bertz CT molecular complexity index is 1090. The molecular weight excluding hydrogens is 361 g/mol. The molecule has 132 valence electrons. The minimum atomic E-state index is -4.45. The molecule has 8 heteroatoms. The highest BCUT2D eigenvalue weighted by molar-refractivity contribution is 7.19. The van der Waals surface area contributed by atoms with Crippen LogP contribution in [0.15, 0.2) is 42.5 Å². The van der Waals surface area contributed by atoms with Crippen molar-refractivity contribution in [3.05, 3.63) is 59.2 Å². The third kappa shape index (κ3) is 2.86. The topological polar surface area (TPSA) is 43.1 Å². The molecule has 0 saturated carbocycles. The number of nitrogens with zero attached hydrogens (tertiary/aromatic N) is 4. The summed E-state index contributed by atoms with van der Waals surface area (Å²) in [4.78, 5) is 0.450. The van der Waals surface area contributed by atoms with E-state index in [0.717, 1.165) is 34.1 Å². The van der Waals surface area contributed by atoms with Gasteiger partial charge in [-0.3, -0.25) is 0 Å². The van der Waals surface area contributed by atoms with E-state index < -0.39 is 11.7 Å². The Hall–Kier alpha value is -2.74. The molecule has 26 heavy (non-hydrogen) atoms. The average Bonchev–Trinajstić information content (AvgIpc) is 3.13. The fourth-order valence-electron chi connectivity index (χ4n) is 2.93. The van der Waals surface area contributed by atoms with Gasteiger partial charge in [0.2, 0.25) is 4.96 Å². The Morgan fingerprint density at radius 2 is 1.65 bits per heavy atom. The summed E-state index contributed by atoms with van der Waals surface area (Å²) < 4.78 is 41.4. The quantitative estimate of drug-likeness (QED) is 0.487. The van der Waals surface area contributed by atoms with Gasteiger partial charge in [-0.2, -0.15) is 22.8 Å². The molecule has 0 aliphatic rings. The first-order valence-corrected chi connectivity index (χ1v) is 8.62. The number of hydrogen-bond acceptors (Lipinski definition) is 4. The predicted molar refractivity (Wildman–Crippen MR) is 94.0 cm³/mol. The summed E-state index contributed by atoms with van der Waals surface area (Å²) in [6.07, 6.45) is -4.45. The number of alkyl halides is 3. The van der Waals surface area contributed by atoms with Gasteiger partial charge in [-0.05, 0) is 32.0 Å². The van der Waals surface area contributed by atoms with Gasteiger partial charge in [0.25, 0.3) is 0 Å². The van der Waals surface area contributed by atoms with Gasteiger partial charge in [0, 0.05) is 11.1 Å². The first-order valence-electron chi connectivity index (χ1n) is 7.80. The van der Waals surface area contributed by atoms with E-state index in [4.69, 9.17) is 0 Å². The molecule has 0 spiro atoms. The molecule has 0 saturated heterocycles. The zero-order valence-electron chi connectivity index (χ0n) is 13.9. The normalized spacial score (nSPS) is 12.0. The van der Waals surface area contributed by atoms with Gasteiger partial charge in [0.15, 0.2) is 5.82 Å². The fraction of sp³-hybridized carbons (Fsp3) is 0.167. The zero-order valence-corrected chi connectivity index (χ0v) is 14.7. The molecule has 0 bridgehead atoms. The van der Waals surface area contributed by atoms with E-state index in [1.54, 1.807) is 6.07 Å². The highest BCUT2D eigenvalue weighted by atomic mass is 32.1. The predicted octanol–water partition coefficient (Wildman–Crippen LogP) is 5.16. The Morgan fingerprint density at radius 3 is 2.35 bits per heavy atom. The molecule has 2 heterocycles. The standard InChI is InChI=1S/C18H13F3N4S/c1-10-7-11(2)9-12(8-10)15-22-23-17-25(15)24-16(26-17)13-5-3-4-6-14(13)18(19,20)21/h3-9H,1-2H3. The molecule has 0 unspecified atom stereocenters. The van der Waals surface area contributed by atoms with Crippen LogP contribution in [0, 0.1) is 13.8 Å². The molecule has 0 fully saturated rings. The molecular formula is C18H13F3N4S. The average molecular weight is 374 g/mol. The summed E-state index contributed by atoms with van der Waals surface area (Å²) in [5.41, 5.74) is 2.29. The van der Waals surface area contributed by atoms with Crippen molar-refractivity contribution in [3.63, 3.8) is 0 Å². The van der Waals surface area contributed by atoms with Crippen molar-refractivity contribution in [2.45, 2.75) is 20.0 Å². The lowest BCUT2D eigenvalue weighted by Gasteiger charge is -2.10. The maximum absolute atomic E-state index is 13.3. The lowest BCUT2D eigenvalue weighted by atomic mass is 10.1. The Labute approximate surface area is 150 Å². The molecule has 0 radical (unpaired) electrons. The largest absolute Gasteiger partial charge is 0.417 e. The first-order chi connectivity index (χ1) is 12.3. The molecule has 4 aromatic rings. The van der Waals surface area contributed by atoms with Crippen LogP contribution >= 0.6 is 11.3 Å². The second kappa shape index (κ2) is 5.91. The fourth-order valence-corrected chi connectivity index (χ4v) is 3.81. The molecule has 0 N–H and O–H groups in total. The third-order valence-electron chi connectivity index (χ3n) is 3.93. The summed E-state index contributed by atoms with van der Waals surface area (Å²) in [5, 5.41) is 12.9. The summed E-state index contributed by atoms with van der Waals surface area (Å²) in [6, 6.07) is 11.4. The van der Waals surface area contributed by atoms with E-state index in [0.29, 0.717) is 10.8 Å². The lowest BCUT2D eigenvalue weighted by Crippen LogP contribution is -2.06. The minimum absolute atomic E-state index is 0.0434. The number of benzene rings is 2. The molecule has 0 aliphatic heterocycles. The number of fused-ring (bicyclic) bond motifs is 1. The molecule has 4 rings (SSSR count). The monoisotopic (exact) mass is 374 g/mol. The second-order valence-electron chi connectivity index (χ2n) is 6.04. The maximum atomic E-state index is 13.3. The third-order valence-corrected chi connectivity index (χ3v) is 4.87. The van der Waals surface area contributed by atoms with Crippen LogP contribution in [0.1, 0.15) is 16.7 Å². The summed E-state index contributed by atoms with van der Waals surface area (Å²) in [6.45, 7) is 3.95. The van der Waals surface area contributed by atoms with Crippen molar-refractivity contribution in [2.75, 3.05) is 0 Å². The number of rotatable bonds is 2. The van der Waals surface area contributed by atoms with Crippen molar-refractivity contribution in [2.24, 2.45) is 0 Å². The van der Waals surface area contributed by atoms with Gasteiger partial charge >= 0.3 is 6.18 Å². The van der Waals surface area contributed by atoms with Crippen LogP contribution < -0.4 is 0 Å². The van der Waals surface area contributed by atoms with Crippen LogP contribution in [0.25, 0.3) is 26.9 Å². The highest BCUT2D eigenvalue weighted by Gasteiger charge is 2.34. The van der Waals surface area contributed by atoms with E-state index >= 15 is 0 Å². The van der Waals surface area contributed by atoms with Crippen molar-refractivity contribution < 1.29 is 13.2 Å². The highest BCUT2D eigenvalue weighted by Crippen LogP contribution is 2.38. The van der Waals surface area contributed by atoms with Gasteiger partial charge in [-0.15, -0.1) is 10.2 Å². The Morgan fingerprint density at radius 1 is 0.962 bits per heavy atom. The second-order valence-corrected chi connectivity index (χ2v) is 7.00. The number of hydrogen-bond donors (Lipinski definition) is 0. The Kier molecular flexibility index (Phi) is 3.80. The first kappa shape index (κ1) is 16.7. The number of halogens is 3. The van der Waals surface area contributed by atoms with E-state index in [2.05, 4.69) is 15.3 Å². The van der Waals surface area contributed by atoms with E-state index in [9.17, 15) is 13.2 Å². The van der Waals surface area contributed by atoms with Crippen LogP contribution in [0.4, 0.5) is 13.2 Å². The SMILES string of the molecule is Cc1cc(C)cc(-c2nnc3sc(-c4ccccc4C(F)(F)F)nn23)c1. The van der Waals surface area contributed by atoms with E-state index in [-0.39, 0.29) is 10.6 Å². The van der Waals surface area contributed by atoms with Crippen LogP contribution in [0.5, 0.6) is 0 Å². The number of aryl methyl sites for hydroxylation is 2. The van der Waals surface area contributed by atoms with Crippen molar-refractivity contribution in [1.82, 2.24) is 19.8 Å². The van der Waals surface area contributed by atoms with E-state index in [1.807, 2.05) is 32.0 Å². The molecule has 2 aromatic carbocycles. The summed E-state index contributed by atoms with van der Waals surface area (Å²) >= 11 is 1.08. The van der Waals surface area contributed by atoms with Gasteiger partial charge < -0.3 is 0 Å². The van der Waals surface area contributed by atoms with Gasteiger partial charge in [-0.25, -0.2) is 0 Å². The van der Waals surface area contributed by atoms with Crippen LogP contribution in [0.3, 0.4) is 0 Å². The van der Waals surface area contributed by atoms with Crippen molar-refractivity contribution in [3.8, 4) is 22.0 Å². The molecule has 0 atom stereocenters. The molecule has 0 amide bonds. The van der Waals surface area contributed by atoms with Crippen LogP contribution in [-0.4, -0.2) is 19.8 Å². The lowest BCUT2D eigenvalue weighted by molar-refractivity contribution is -0.137. The minimum Gasteiger partial charge on any atom is -0.182 e. The van der Waals surface area contributed by atoms with Gasteiger partial charge in [0.1, 0.15) is 5.01 Å². The summed E-state index contributed by atoms with van der Waals surface area (Å²) in [7, 11) is 0. The summed E-state index contributed by atoms with van der Waals surface area (Å²) in [5.74, 6) is 0.513. The maximum Gasteiger partial charge on any atom is 0.417 e. The van der Waals surface area contributed by atoms with Gasteiger partial charge in [-0.1, -0.05) is 46.7 Å². The van der Waals surface area contributed by atoms with Gasteiger partial charge in [0.05, 0.1) is 5.56 Å². The zero-order chi connectivity index (χ0) is 18.5. The van der Waals surface area contributed by atoms with Crippen LogP contribution in [0.2, 0.25) is 0 Å². The molecule has 2 aromatic heterocycles. The molecule has 4 nitrogen and oxygen atoms in total. The smallest absolute Gasteiger partial charge is 0.182 e. The van der Waals surface area contributed by atoms with E-state index in [1.165, 1.54) is 16.6 Å².